The standard InChI is InChI=1S/C25H21Cl2N3O/c1-17(28-24(31)15-14-18-8-3-2-4-9-18)25-29-22-12-5-6-13-23(22)30(25)16-19-20(26)10-7-11-21(19)27/h2-15,17H,16H2,1H3,(H,28,31)/b15-14+/t17-/m1/s1. The molecule has 1 aromatic heterocycles. The van der Waals surface area contributed by atoms with Crippen LogP contribution in [0.15, 0.2) is 78.9 Å². The lowest BCUT2D eigenvalue weighted by Gasteiger charge is -2.17. The summed E-state index contributed by atoms with van der Waals surface area (Å²) in [7, 11) is 0. The van der Waals surface area contributed by atoms with Gasteiger partial charge in [0.1, 0.15) is 5.82 Å². The predicted octanol–water partition coefficient (Wildman–Crippen LogP) is 6.28. The number of rotatable bonds is 6. The van der Waals surface area contributed by atoms with Crippen LogP contribution in [-0.2, 0) is 11.3 Å². The highest BCUT2D eigenvalue weighted by atomic mass is 35.5. The molecule has 1 amide bonds. The van der Waals surface area contributed by atoms with Crippen molar-refractivity contribution in [1.82, 2.24) is 14.9 Å². The van der Waals surface area contributed by atoms with E-state index in [9.17, 15) is 4.79 Å². The van der Waals surface area contributed by atoms with Gasteiger partial charge in [0.05, 0.1) is 23.6 Å². The molecule has 156 valence electrons. The van der Waals surface area contributed by atoms with Gasteiger partial charge in [-0.15, -0.1) is 0 Å². The van der Waals surface area contributed by atoms with Crippen LogP contribution in [-0.4, -0.2) is 15.5 Å². The van der Waals surface area contributed by atoms with Gasteiger partial charge in [-0.25, -0.2) is 4.98 Å². The normalized spacial score (nSPS) is 12.4. The molecule has 0 aliphatic carbocycles. The van der Waals surface area contributed by atoms with E-state index in [0.29, 0.717) is 16.6 Å². The maximum atomic E-state index is 12.5. The Balaban J connectivity index is 1.63. The van der Waals surface area contributed by atoms with E-state index in [4.69, 9.17) is 28.2 Å². The van der Waals surface area contributed by atoms with E-state index in [2.05, 4.69) is 5.32 Å². The van der Waals surface area contributed by atoms with E-state index in [1.165, 1.54) is 6.08 Å². The van der Waals surface area contributed by atoms with Gasteiger partial charge in [-0.05, 0) is 42.8 Å². The van der Waals surface area contributed by atoms with Crippen molar-refractivity contribution in [2.45, 2.75) is 19.5 Å². The number of amides is 1. The zero-order valence-electron chi connectivity index (χ0n) is 16.9. The highest BCUT2D eigenvalue weighted by Crippen LogP contribution is 2.29. The molecule has 0 unspecified atom stereocenters. The number of fused-ring (bicyclic) bond motifs is 1. The molecule has 6 heteroatoms. The summed E-state index contributed by atoms with van der Waals surface area (Å²) in [6, 6.07) is 22.7. The zero-order valence-corrected chi connectivity index (χ0v) is 18.4. The van der Waals surface area contributed by atoms with Crippen LogP contribution in [0.5, 0.6) is 0 Å². The van der Waals surface area contributed by atoms with Gasteiger partial charge in [-0.1, -0.05) is 71.7 Å². The van der Waals surface area contributed by atoms with Crippen LogP contribution >= 0.6 is 23.2 Å². The molecule has 0 aliphatic heterocycles. The molecule has 0 aliphatic rings. The van der Waals surface area contributed by atoms with Crippen LogP contribution < -0.4 is 5.32 Å². The summed E-state index contributed by atoms with van der Waals surface area (Å²) in [4.78, 5) is 17.3. The van der Waals surface area contributed by atoms with Crippen molar-refractivity contribution in [2.24, 2.45) is 0 Å². The maximum absolute atomic E-state index is 12.5. The van der Waals surface area contributed by atoms with Gasteiger partial charge in [-0.2, -0.15) is 0 Å². The molecule has 0 bridgehead atoms. The van der Waals surface area contributed by atoms with E-state index in [0.717, 1.165) is 28.0 Å². The first-order valence-electron chi connectivity index (χ1n) is 9.94. The summed E-state index contributed by atoms with van der Waals surface area (Å²) in [6.45, 7) is 2.37. The molecule has 0 saturated carbocycles. The molecule has 31 heavy (non-hydrogen) atoms. The number of hydrogen-bond donors (Lipinski definition) is 1. The Bertz CT molecular complexity index is 1230. The molecule has 4 aromatic rings. The number of hydrogen-bond acceptors (Lipinski definition) is 2. The third-order valence-corrected chi connectivity index (χ3v) is 5.74. The summed E-state index contributed by atoms with van der Waals surface area (Å²) in [5.41, 5.74) is 3.58. The van der Waals surface area contributed by atoms with Gasteiger partial charge in [0.25, 0.3) is 0 Å². The number of carbonyl (C=O) groups is 1. The van der Waals surface area contributed by atoms with Gasteiger partial charge in [0.2, 0.25) is 5.91 Å². The van der Waals surface area contributed by atoms with Gasteiger partial charge < -0.3 is 9.88 Å². The number of imidazole rings is 1. The average molecular weight is 450 g/mol. The number of nitrogens with one attached hydrogen (secondary N) is 1. The quantitative estimate of drug-likeness (QED) is 0.352. The predicted molar refractivity (Wildman–Crippen MR) is 127 cm³/mol. The fourth-order valence-corrected chi connectivity index (χ4v) is 4.01. The second kappa shape index (κ2) is 9.38. The molecule has 4 nitrogen and oxygen atoms in total. The minimum Gasteiger partial charge on any atom is -0.343 e. The third kappa shape index (κ3) is 4.82. The minimum absolute atomic E-state index is 0.189. The van der Waals surface area contributed by atoms with E-state index >= 15 is 0 Å². The van der Waals surface area contributed by atoms with Crippen molar-refractivity contribution >= 4 is 46.2 Å². The SMILES string of the molecule is C[C@@H](NC(=O)/C=C/c1ccccc1)c1nc2ccccc2n1Cc1c(Cl)cccc1Cl. The van der Waals surface area contributed by atoms with Crippen LogP contribution in [0.25, 0.3) is 17.1 Å². The summed E-state index contributed by atoms with van der Waals surface area (Å²) < 4.78 is 2.05. The smallest absolute Gasteiger partial charge is 0.244 e. The van der Waals surface area contributed by atoms with Crippen molar-refractivity contribution in [3.05, 3.63) is 106 Å². The highest BCUT2D eigenvalue weighted by molar-refractivity contribution is 6.36. The summed E-state index contributed by atoms with van der Waals surface area (Å²) >= 11 is 12.8. The Morgan fingerprint density at radius 2 is 1.68 bits per heavy atom. The average Bonchev–Trinajstić information content (AvgIpc) is 3.14. The van der Waals surface area contributed by atoms with E-state index < -0.39 is 0 Å². The first-order chi connectivity index (χ1) is 15.0. The molecule has 0 spiro atoms. The van der Waals surface area contributed by atoms with E-state index in [-0.39, 0.29) is 11.9 Å². The van der Waals surface area contributed by atoms with Gasteiger partial charge in [-0.3, -0.25) is 4.79 Å². The number of carbonyl (C=O) groups excluding carboxylic acids is 1. The van der Waals surface area contributed by atoms with Crippen molar-refractivity contribution < 1.29 is 4.79 Å². The van der Waals surface area contributed by atoms with Crippen LogP contribution in [0.2, 0.25) is 10.0 Å². The largest absolute Gasteiger partial charge is 0.343 e. The number of halogens is 2. The molecule has 1 atom stereocenters. The molecule has 0 saturated heterocycles. The summed E-state index contributed by atoms with van der Waals surface area (Å²) in [5, 5.41) is 4.20. The Hall–Kier alpha value is -3.08. The van der Waals surface area contributed by atoms with Crippen molar-refractivity contribution in [1.29, 1.82) is 0 Å². The molecular weight excluding hydrogens is 429 g/mol. The second-order valence-electron chi connectivity index (χ2n) is 7.22. The fraction of sp³-hybridized carbons (Fsp3) is 0.120. The third-order valence-electron chi connectivity index (χ3n) is 5.03. The second-order valence-corrected chi connectivity index (χ2v) is 8.03. The monoisotopic (exact) mass is 449 g/mol. The Labute approximate surface area is 191 Å². The summed E-state index contributed by atoms with van der Waals surface area (Å²) in [6.07, 6.45) is 3.32. The molecule has 1 heterocycles. The molecular formula is C25H21Cl2N3O. The lowest BCUT2D eigenvalue weighted by molar-refractivity contribution is -0.117. The lowest BCUT2D eigenvalue weighted by atomic mass is 10.2. The number of benzene rings is 3. The van der Waals surface area contributed by atoms with Crippen LogP contribution in [0.1, 0.15) is 29.9 Å². The van der Waals surface area contributed by atoms with Crippen molar-refractivity contribution in [2.75, 3.05) is 0 Å². The topological polar surface area (TPSA) is 46.9 Å². The molecule has 3 aromatic carbocycles. The van der Waals surface area contributed by atoms with Crippen molar-refractivity contribution in [3.8, 4) is 0 Å². The lowest BCUT2D eigenvalue weighted by Crippen LogP contribution is -2.27. The fourth-order valence-electron chi connectivity index (χ4n) is 3.49. The zero-order chi connectivity index (χ0) is 21.8. The van der Waals surface area contributed by atoms with Gasteiger partial charge in [0.15, 0.2) is 0 Å². The first-order valence-corrected chi connectivity index (χ1v) is 10.7. The van der Waals surface area contributed by atoms with Crippen LogP contribution in [0.3, 0.4) is 0 Å². The van der Waals surface area contributed by atoms with Gasteiger partial charge in [0, 0.05) is 21.7 Å². The molecule has 1 N–H and O–H groups in total. The van der Waals surface area contributed by atoms with Crippen LogP contribution in [0, 0.1) is 0 Å². The molecule has 0 fully saturated rings. The first kappa shape index (κ1) is 21.2. The van der Waals surface area contributed by atoms with Crippen molar-refractivity contribution in [3.63, 3.8) is 0 Å². The Kier molecular flexibility index (Phi) is 6.40. The summed E-state index contributed by atoms with van der Waals surface area (Å²) in [5.74, 6) is 0.546. The molecule has 0 radical (unpaired) electrons. The Morgan fingerprint density at radius 1 is 1.00 bits per heavy atom. The van der Waals surface area contributed by atoms with Gasteiger partial charge >= 0.3 is 0 Å². The highest BCUT2D eigenvalue weighted by Gasteiger charge is 2.19. The molecule has 4 rings (SSSR count). The minimum atomic E-state index is -0.318. The Morgan fingerprint density at radius 3 is 2.42 bits per heavy atom. The van der Waals surface area contributed by atoms with E-state index in [1.807, 2.05) is 84.3 Å². The van der Waals surface area contributed by atoms with E-state index in [1.54, 1.807) is 6.08 Å². The maximum Gasteiger partial charge on any atom is 0.244 e. The number of aromatic nitrogens is 2. The van der Waals surface area contributed by atoms with Crippen LogP contribution in [0.4, 0.5) is 0 Å². The number of para-hydroxylation sites is 2. The number of nitrogens with zero attached hydrogens (tertiary/aromatic N) is 2.